The second-order valence-corrected chi connectivity index (χ2v) is 5.45. The molecule has 3 N–H and O–H groups in total. The zero-order valence-electron chi connectivity index (χ0n) is 12.9. The molecule has 0 radical (unpaired) electrons. The van der Waals surface area contributed by atoms with Crippen LogP contribution in [0, 0.1) is 0 Å². The number of amides is 1. The monoisotopic (exact) mass is 316 g/mol. The maximum absolute atomic E-state index is 13.2. The zero-order valence-corrected chi connectivity index (χ0v) is 12.9. The van der Waals surface area contributed by atoms with E-state index in [1.165, 1.54) is 24.3 Å². The first kappa shape index (κ1) is 18.5. The van der Waals surface area contributed by atoms with E-state index in [1.54, 1.807) is 6.07 Å². The van der Waals surface area contributed by atoms with Gasteiger partial charge in [0.05, 0.1) is 11.5 Å². The number of nitrogens with two attached hydrogens (primary N) is 1. The van der Waals surface area contributed by atoms with E-state index in [9.17, 15) is 18.0 Å². The van der Waals surface area contributed by atoms with Crippen molar-refractivity contribution in [2.45, 2.75) is 50.7 Å². The summed E-state index contributed by atoms with van der Waals surface area (Å²) in [5, 5.41) is 2.69. The zero-order chi connectivity index (χ0) is 16.8. The van der Waals surface area contributed by atoms with Crippen LogP contribution in [-0.2, 0) is 4.79 Å². The summed E-state index contributed by atoms with van der Waals surface area (Å²) in [6.07, 6.45) is -3.95. The van der Waals surface area contributed by atoms with E-state index in [4.69, 9.17) is 5.73 Å². The number of halogens is 3. The van der Waals surface area contributed by atoms with Crippen LogP contribution in [0.25, 0.3) is 0 Å². The van der Waals surface area contributed by atoms with Crippen molar-refractivity contribution in [3.63, 3.8) is 0 Å². The van der Waals surface area contributed by atoms with Crippen LogP contribution in [0.5, 0.6) is 0 Å². The molecule has 0 fully saturated rings. The van der Waals surface area contributed by atoms with Gasteiger partial charge in [-0.15, -0.1) is 0 Å². The van der Waals surface area contributed by atoms with Crippen molar-refractivity contribution in [1.29, 1.82) is 0 Å². The minimum Gasteiger partial charge on any atom is -0.349 e. The fourth-order valence-corrected chi connectivity index (χ4v) is 2.41. The first-order chi connectivity index (χ1) is 10.3. The predicted molar refractivity (Wildman–Crippen MR) is 80.4 cm³/mol. The fraction of sp³-hybridized carbons (Fsp3) is 0.562. The second-order valence-electron chi connectivity index (χ2n) is 5.45. The molecule has 1 aromatic carbocycles. The maximum Gasteiger partial charge on any atom is 0.396 e. The van der Waals surface area contributed by atoms with Gasteiger partial charge in [0, 0.05) is 13.0 Å². The number of hydrogen-bond acceptors (Lipinski definition) is 2. The maximum atomic E-state index is 13.2. The normalized spacial score (nSPS) is 13.7. The van der Waals surface area contributed by atoms with Gasteiger partial charge >= 0.3 is 6.18 Å². The lowest BCUT2D eigenvalue weighted by molar-refractivity contribution is -0.157. The predicted octanol–water partition coefficient (Wildman–Crippen LogP) is 3.36. The minimum absolute atomic E-state index is 0.0940. The molecule has 1 atom stereocenters. The van der Waals surface area contributed by atoms with Gasteiger partial charge in [0.2, 0.25) is 5.91 Å². The van der Waals surface area contributed by atoms with Crippen molar-refractivity contribution in [2.75, 3.05) is 6.54 Å². The van der Waals surface area contributed by atoms with Crippen LogP contribution in [0.2, 0.25) is 0 Å². The summed E-state index contributed by atoms with van der Waals surface area (Å²) >= 11 is 0. The van der Waals surface area contributed by atoms with E-state index in [1.807, 2.05) is 13.8 Å². The van der Waals surface area contributed by atoms with E-state index in [0.717, 1.165) is 0 Å². The Morgan fingerprint density at radius 1 is 1.18 bits per heavy atom. The molecule has 124 valence electrons. The summed E-state index contributed by atoms with van der Waals surface area (Å²) in [6, 6.07) is 7.50. The fourth-order valence-electron chi connectivity index (χ4n) is 2.41. The molecule has 1 unspecified atom stereocenters. The van der Waals surface area contributed by atoms with Crippen LogP contribution in [-0.4, -0.2) is 24.2 Å². The SMILES string of the molecule is CCC(CC)(CN)NC(=O)CC(c1ccccc1)C(F)(F)F. The van der Waals surface area contributed by atoms with E-state index in [0.29, 0.717) is 12.8 Å². The Morgan fingerprint density at radius 2 is 1.73 bits per heavy atom. The molecule has 0 bridgehead atoms. The Labute approximate surface area is 129 Å². The molecule has 1 aromatic rings. The number of alkyl halides is 3. The van der Waals surface area contributed by atoms with Gasteiger partial charge in [-0.05, 0) is 18.4 Å². The molecule has 0 saturated carbocycles. The van der Waals surface area contributed by atoms with Crippen LogP contribution in [0.15, 0.2) is 30.3 Å². The highest BCUT2D eigenvalue weighted by atomic mass is 19.4. The highest BCUT2D eigenvalue weighted by Gasteiger charge is 2.42. The highest BCUT2D eigenvalue weighted by Crippen LogP contribution is 2.37. The summed E-state index contributed by atoms with van der Waals surface area (Å²) in [5.41, 5.74) is 5.13. The lowest BCUT2D eigenvalue weighted by Gasteiger charge is -2.32. The molecule has 1 amide bonds. The number of carbonyl (C=O) groups is 1. The molecule has 3 nitrogen and oxygen atoms in total. The highest BCUT2D eigenvalue weighted by molar-refractivity contribution is 5.78. The van der Waals surface area contributed by atoms with Crippen molar-refractivity contribution in [3.8, 4) is 0 Å². The van der Waals surface area contributed by atoms with E-state index in [2.05, 4.69) is 5.32 Å². The Hall–Kier alpha value is -1.56. The molecule has 6 heteroatoms. The molecule has 22 heavy (non-hydrogen) atoms. The molecule has 0 aliphatic rings. The minimum atomic E-state index is -4.47. The Bertz CT molecular complexity index is 462. The average Bonchev–Trinajstić information content (AvgIpc) is 2.50. The number of carbonyl (C=O) groups excluding carboxylic acids is 1. The van der Waals surface area contributed by atoms with Crippen molar-refractivity contribution in [3.05, 3.63) is 35.9 Å². The third-order valence-electron chi connectivity index (χ3n) is 4.14. The summed E-state index contributed by atoms with van der Waals surface area (Å²) in [7, 11) is 0. The van der Waals surface area contributed by atoms with Gasteiger partial charge in [0.15, 0.2) is 0 Å². The Balaban J connectivity index is 2.90. The number of hydrogen-bond donors (Lipinski definition) is 2. The van der Waals surface area contributed by atoms with Crippen LogP contribution < -0.4 is 11.1 Å². The lowest BCUT2D eigenvalue weighted by Crippen LogP contribution is -2.53. The molecular weight excluding hydrogens is 293 g/mol. The van der Waals surface area contributed by atoms with Crippen molar-refractivity contribution in [2.24, 2.45) is 5.73 Å². The first-order valence-corrected chi connectivity index (χ1v) is 7.40. The Morgan fingerprint density at radius 3 is 2.14 bits per heavy atom. The molecule has 1 rings (SSSR count). The molecule has 0 aliphatic carbocycles. The second kappa shape index (κ2) is 7.63. The van der Waals surface area contributed by atoms with Gasteiger partial charge in [-0.2, -0.15) is 13.2 Å². The third kappa shape index (κ3) is 4.73. The molecule has 0 aliphatic heterocycles. The summed E-state index contributed by atoms with van der Waals surface area (Å²) in [4.78, 5) is 12.1. The first-order valence-electron chi connectivity index (χ1n) is 7.40. The van der Waals surface area contributed by atoms with Gasteiger partial charge in [-0.3, -0.25) is 4.79 Å². The van der Waals surface area contributed by atoms with Crippen molar-refractivity contribution in [1.82, 2.24) is 5.32 Å². The summed E-state index contributed by atoms with van der Waals surface area (Å²) in [6.45, 7) is 3.91. The molecule has 0 spiro atoms. The van der Waals surface area contributed by atoms with E-state index >= 15 is 0 Å². The van der Waals surface area contributed by atoms with Crippen LogP contribution in [0.4, 0.5) is 13.2 Å². The summed E-state index contributed by atoms with van der Waals surface area (Å²) in [5.74, 6) is -2.43. The van der Waals surface area contributed by atoms with Gasteiger partial charge < -0.3 is 11.1 Å². The van der Waals surface area contributed by atoms with Crippen molar-refractivity contribution < 1.29 is 18.0 Å². The number of rotatable bonds is 7. The van der Waals surface area contributed by atoms with Crippen LogP contribution >= 0.6 is 0 Å². The molecule has 0 saturated heterocycles. The molecule has 0 aromatic heterocycles. The summed E-state index contributed by atoms with van der Waals surface area (Å²) < 4.78 is 39.7. The van der Waals surface area contributed by atoms with E-state index in [-0.39, 0.29) is 12.1 Å². The number of nitrogens with one attached hydrogen (secondary N) is 1. The van der Waals surface area contributed by atoms with Gasteiger partial charge in [-0.25, -0.2) is 0 Å². The van der Waals surface area contributed by atoms with Crippen LogP contribution in [0.3, 0.4) is 0 Å². The average molecular weight is 316 g/mol. The number of benzene rings is 1. The molecular formula is C16H23F3N2O. The third-order valence-corrected chi connectivity index (χ3v) is 4.14. The lowest BCUT2D eigenvalue weighted by atomic mass is 9.90. The standard InChI is InChI=1S/C16H23F3N2O/c1-3-15(4-2,11-20)21-14(22)10-13(16(17,18)19)12-8-6-5-7-9-12/h5-9,13H,3-4,10-11,20H2,1-2H3,(H,21,22). The largest absolute Gasteiger partial charge is 0.396 e. The van der Waals surface area contributed by atoms with E-state index < -0.39 is 30.0 Å². The van der Waals surface area contributed by atoms with Gasteiger partial charge in [0.25, 0.3) is 0 Å². The van der Waals surface area contributed by atoms with Gasteiger partial charge in [0.1, 0.15) is 0 Å². The van der Waals surface area contributed by atoms with Gasteiger partial charge in [-0.1, -0.05) is 44.2 Å². The quantitative estimate of drug-likeness (QED) is 0.810. The Kier molecular flexibility index (Phi) is 6.41. The smallest absolute Gasteiger partial charge is 0.349 e. The topological polar surface area (TPSA) is 55.1 Å². The van der Waals surface area contributed by atoms with Crippen molar-refractivity contribution >= 4 is 5.91 Å². The van der Waals surface area contributed by atoms with Crippen LogP contribution in [0.1, 0.15) is 44.6 Å². The molecule has 0 heterocycles.